The van der Waals surface area contributed by atoms with Crippen molar-refractivity contribution >= 4 is 0 Å². The summed E-state index contributed by atoms with van der Waals surface area (Å²) < 4.78 is 0. The molecule has 1 saturated heterocycles. The third-order valence-corrected chi connectivity index (χ3v) is 3.42. The van der Waals surface area contributed by atoms with E-state index in [0.29, 0.717) is 0 Å². The summed E-state index contributed by atoms with van der Waals surface area (Å²) >= 11 is 0. The molecule has 0 aromatic rings. The van der Waals surface area contributed by atoms with E-state index in [1.54, 1.807) is 0 Å². The second kappa shape index (κ2) is 17.5. The van der Waals surface area contributed by atoms with E-state index in [1.807, 2.05) is 13.8 Å². The van der Waals surface area contributed by atoms with Gasteiger partial charge in [-0.25, -0.2) is 0 Å². The van der Waals surface area contributed by atoms with Crippen LogP contribution in [-0.4, -0.2) is 49.6 Å². The van der Waals surface area contributed by atoms with Crippen LogP contribution in [0.5, 0.6) is 0 Å². The lowest BCUT2D eigenvalue weighted by Crippen LogP contribution is -2.44. The van der Waals surface area contributed by atoms with Gasteiger partial charge in [0.2, 0.25) is 0 Å². The highest BCUT2D eigenvalue weighted by Gasteiger charge is 2.12. The molecule has 0 spiro atoms. The first kappa shape index (κ1) is 20.8. The van der Waals surface area contributed by atoms with Gasteiger partial charge in [0, 0.05) is 26.2 Å². The SMILES string of the molecule is C#C.CC.CCCCCCCCN1CCN(C)CC1. The molecule has 0 aromatic heterocycles. The smallest absolute Gasteiger partial charge is 0.0110 e. The van der Waals surface area contributed by atoms with Crippen LogP contribution in [0, 0.1) is 12.8 Å². The molecule has 0 aromatic carbocycles. The molecule has 1 rings (SSSR count). The Morgan fingerprint density at radius 2 is 1.26 bits per heavy atom. The maximum atomic E-state index is 4.00. The zero-order valence-electron chi connectivity index (χ0n) is 13.8. The molecule has 0 aliphatic carbocycles. The maximum absolute atomic E-state index is 4.00. The number of unbranched alkanes of at least 4 members (excludes halogenated alkanes) is 5. The Kier molecular flexibility index (Phi) is 19.1. The summed E-state index contributed by atoms with van der Waals surface area (Å²) in [5.74, 6) is 0. The number of terminal acetylenes is 1. The lowest BCUT2D eigenvalue weighted by molar-refractivity contribution is 0.152. The van der Waals surface area contributed by atoms with Crippen molar-refractivity contribution in [2.24, 2.45) is 0 Å². The van der Waals surface area contributed by atoms with Crippen LogP contribution in [0.4, 0.5) is 0 Å². The van der Waals surface area contributed by atoms with Crippen molar-refractivity contribution in [1.82, 2.24) is 9.80 Å². The molecule has 114 valence electrons. The molecule has 0 saturated carbocycles. The highest BCUT2D eigenvalue weighted by atomic mass is 15.2. The van der Waals surface area contributed by atoms with E-state index in [1.165, 1.54) is 71.2 Å². The molecule has 1 heterocycles. The number of nitrogens with zero attached hydrogens (tertiary/aromatic N) is 2. The molecular weight excluding hydrogens is 232 g/mol. The fraction of sp³-hybridized carbons (Fsp3) is 0.882. The van der Waals surface area contributed by atoms with Gasteiger partial charge in [0.1, 0.15) is 0 Å². The van der Waals surface area contributed by atoms with Crippen molar-refractivity contribution in [2.75, 3.05) is 39.8 Å². The van der Waals surface area contributed by atoms with Gasteiger partial charge < -0.3 is 9.80 Å². The Bertz CT molecular complexity index is 169. The summed E-state index contributed by atoms with van der Waals surface area (Å²) in [6.07, 6.45) is 16.5. The Morgan fingerprint density at radius 1 is 0.789 bits per heavy atom. The van der Waals surface area contributed by atoms with Crippen LogP contribution in [0.25, 0.3) is 0 Å². The fourth-order valence-corrected chi connectivity index (χ4v) is 2.19. The zero-order valence-corrected chi connectivity index (χ0v) is 13.8. The second-order valence-electron chi connectivity index (χ2n) is 4.91. The second-order valence-corrected chi connectivity index (χ2v) is 4.91. The normalized spacial score (nSPS) is 15.9. The quantitative estimate of drug-likeness (QED) is 0.511. The molecule has 1 aliphatic rings. The first-order valence-corrected chi connectivity index (χ1v) is 8.07. The average Bonchev–Trinajstić information content (AvgIpc) is 2.49. The first-order chi connectivity index (χ1) is 9.33. The van der Waals surface area contributed by atoms with Crippen molar-refractivity contribution < 1.29 is 0 Å². The van der Waals surface area contributed by atoms with E-state index >= 15 is 0 Å². The number of likely N-dealkylation sites (N-methyl/N-ethyl adjacent to an activating group) is 1. The fourth-order valence-electron chi connectivity index (χ4n) is 2.19. The van der Waals surface area contributed by atoms with E-state index in [0.717, 1.165) is 0 Å². The molecule has 0 unspecified atom stereocenters. The van der Waals surface area contributed by atoms with Gasteiger partial charge in [-0.1, -0.05) is 52.9 Å². The van der Waals surface area contributed by atoms with Gasteiger partial charge in [-0.3, -0.25) is 0 Å². The van der Waals surface area contributed by atoms with Crippen LogP contribution < -0.4 is 0 Å². The van der Waals surface area contributed by atoms with Gasteiger partial charge in [0.15, 0.2) is 0 Å². The first-order valence-electron chi connectivity index (χ1n) is 8.07. The van der Waals surface area contributed by atoms with Crippen LogP contribution in [0.1, 0.15) is 59.3 Å². The minimum atomic E-state index is 1.26. The summed E-state index contributed by atoms with van der Waals surface area (Å²) in [7, 11) is 2.22. The lowest BCUT2D eigenvalue weighted by atomic mass is 10.1. The molecule has 0 amide bonds. The number of rotatable bonds is 7. The van der Waals surface area contributed by atoms with Gasteiger partial charge in [0.05, 0.1) is 0 Å². The largest absolute Gasteiger partial charge is 0.304 e. The van der Waals surface area contributed by atoms with Crippen molar-refractivity contribution in [1.29, 1.82) is 0 Å². The highest BCUT2D eigenvalue weighted by molar-refractivity contribution is 4.68. The summed E-state index contributed by atoms with van der Waals surface area (Å²) in [4.78, 5) is 5.05. The topological polar surface area (TPSA) is 6.48 Å². The molecule has 2 heteroatoms. The molecule has 19 heavy (non-hydrogen) atoms. The van der Waals surface area contributed by atoms with Crippen molar-refractivity contribution in [3.63, 3.8) is 0 Å². The molecule has 0 radical (unpaired) electrons. The molecule has 0 bridgehead atoms. The molecule has 0 atom stereocenters. The van der Waals surface area contributed by atoms with Crippen LogP contribution in [-0.2, 0) is 0 Å². The van der Waals surface area contributed by atoms with E-state index in [9.17, 15) is 0 Å². The number of hydrogen-bond acceptors (Lipinski definition) is 2. The molecule has 1 fully saturated rings. The van der Waals surface area contributed by atoms with Gasteiger partial charge in [-0.05, 0) is 20.0 Å². The maximum Gasteiger partial charge on any atom is 0.0110 e. The van der Waals surface area contributed by atoms with E-state index in [4.69, 9.17) is 0 Å². The van der Waals surface area contributed by atoms with E-state index < -0.39 is 0 Å². The van der Waals surface area contributed by atoms with Gasteiger partial charge in [-0.15, -0.1) is 12.8 Å². The summed E-state index contributed by atoms with van der Waals surface area (Å²) in [5.41, 5.74) is 0. The third kappa shape index (κ3) is 13.7. The monoisotopic (exact) mass is 268 g/mol. The van der Waals surface area contributed by atoms with Gasteiger partial charge in [-0.2, -0.15) is 0 Å². The summed E-state index contributed by atoms with van der Waals surface area (Å²) in [5, 5.41) is 0. The van der Waals surface area contributed by atoms with Crippen LogP contribution in [0.3, 0.4) is 0 Å². The predicted octanol–water partition coefficient (Wildman–Crippen LogP) is 3.87. The molecule has 0 N–H and O–H groups in total. The van der Waals surface area contributed by atoms with Crippen LogP contribution >= 0.6 is 0 Å². The number of hydrogen-bond donors (Lipinski definition) is 0. The van der Waals surface area contributed by atoms with Crippen molar-refractivity contribution in [3.8, 4) is 12.8 Å². The Labute approximate surface area is 122 Å². The summed E-state index contributed by atoms with van der Waals surface area (Å²) in [6, 6.07) is 0. The highest BCUT2D eigenvalue weighted by Crippen LogP contribution is 2.07. The standard InChI is InChI=1S/C13H28N2.C2H6.C2H2/c1-3-4-5-6-7-8-9-15-12-10-14(2)11-13-15;2*1-2/h3-13H2,1-2H3;1-2H3;1-2H. The Morgan fingerprint density at radius 3 is 1.79 bits per heavy atom. The lowest BCUT2D eigenvalue weighted by Gasteiger charge is -2.32. The van der Waals surface area contributed by atoms with Crippen LogP contribution in [0.2, 0.25) is 0 Å². The Hall–Kier alpha value is -0.520. The third-order valence-electron chi connectivity index (χ3n) is 3.42. The van der Waals surface area contributed by atoms with Gasteiger partial charge >= 0.3 is 0 Å². The zero-order chi connectivity index (χ0) is 14.9. The molecular formula is C17H36N2. The van der Waals surface area contributed by atoms with E-state index in [-0.39, 0.29) is 0 Å². The van der Waals surface area contributed by atoms with Crippen LogP contribution in [0.15, 0.2) is 0 Å². The van der Waals surface area contributed by atoms with Gasteiger partial charge in [0.25, 0.3) is 0 Å². The molecule has 1 aliphatic heterocycles. The Balaban J connectivity index is 0. The minimum Gasteiger partial charge on any atom is -0.304 e. The van der Waals surface area contributed by atoms with E-state index in [2.05, 4.69) is 36.6 Å². The summed E-state index contributed by atoms with van der Waals surface area (Å²) in [6.45, 7) is 12.7. The van der Waals surface area contributed by atoms with Crippen molar-refractivity contribution in [3.05, 3.63) is 0 Å². The van der Waals surface area contributed by atoms with Crippen molar-refractivity contribution in [2.45, 2.75) is 59.3 Å². The number of piperazine rings is 1. The average molecular weight is 268 g/mol. The minimum absolute atomic E-state index is 1.26. The molecule has 2 nitrogen and oxygen atoms in total. The predicted molar refractivity (Wildman–Crippen MR) is 88.6 cm³/mol.